The number of carbonyl (C=O) groups excluding carboxylic acids is 2. The van der Waals surface area contributed by atoms with Crippen LogP contribution in [-0.4, -0.2) is 60.6 Å². The van der Waals surface area contributed by atoms with Crippen molar-refractivity contribution in [2.45, 2.75) is 44.2 Å². The summed E-state index contributed by atoms with van der Waals surface area (Å²) in [5.74, 6) is -2.47. The Hall–Kier alpha value is -2.40. The van der Waals surface area contributed by atoms with Crippen LogP contribution in [-0.2, 0) is 14.4 Å². The number of carboxylic acids is 1. The summed E-state index contributed by atoms with van der Waals surface area (Å²) in [4.78, 5) is 34.7. The minimum Gasteiger partial charge on any atom is -0.480 e. The van der Waals surface area contributed by atoms with Gasteiger partial charge in [-0.15, -0.1) is 0 Å². The SMILES string of the molecule is N=C(N)NCCC[C@H](NC(=O)[C@@H](N)CCCCN)C(=O)NCC(=O)O. The smallest absolute Gasteiger partial charge is 0.322 e. The Balaban J connectivity index is 4.57. The molecule has 0 heterocycles. The van der Waals surface area contributed by atoms with Gasteiger partial charge in [0.1, 0.15) is 12.6 Å². The average Bonchev–Trinajstić information content (AvgIpc) is 2.54. The second kappa shape index (κ2) is 13.0. The van der Waals surface area contributed by atoms with E-state index in [1.165, 1.54) is 0 Å². The molecular weight excluding hydrogens is 330 g/mol. The maximum Gasteiger partial charge on any atom is 0.322 e. The van der Waals surface area contributed by atoms with Gasteiger partial charge >= 0.3 is 5.97 Å². The molecule has 0 aliphatic carbocycles. The van der Waals surface area contributed by atoms with Gasteiger partial charge in [0.2, 0.25) is 11.8 Å². The van der Waals surface area contributed by atoms with Crippen LogP contribution < -0.4 is 33.2 Å². The average molecular weight is 359 g/mol. The van der Waals surface area contributed by atoms with Gasteiger partial charge in [0.25, 0.3) is 0 Å². The van der Waals surface area contributed by atoms with Gasteiger partial charge in [-0.05, 0) is 32.2 Å². The molecule has 0 bridgehead atoms. The minimum absolute atomic E-state index is 0.196. The highest BCUT2D eigenvalue weighted by atomic mass is 16.4. The van der Waals surface area contributed by atoms with Crippen molar-refractivity contribution in [3.63, 3.8) is 0 Å². The fraction of sp³-hybridized carbons (Fsp3) is 0.714. The zero-order valence-corrected chi connectivity index (χ0v) is 14.2. The number of aliphatic carboxylic acids is 1. The lowest BCUT2D eigenvalue weighted by molar-refractivity contribution is -0.138. The molecule has 11 heteroatoms. The van der Waals surface area contributed by atoms with Crippen molar-refractivity contribution in [1.82, 2.24) is 16.0 Å². The molecule has 0 saturated carbocycles. The second-order valence-electron chi connectivity index (χ2n) is 5.55. The van der Waals surface area contributed by atoms with Crippen LogP contribution in [0.25, 0.3) is 0 Å². The molecule has 2 atom stereocenters. The van der Waals surface area contributed by atoms with Crippen LogP contribution >= 0.6 is 0 Å². The Morgan fingerprint density at radius 2 is 1.72 bits per heavy atom. The molecule has 0 fully saturated rings. The fourth-order valence-corrected chi connectivity index (χ4v) is 2.00. The normalized spacial score (nSPS) is 12.7. The van der Waals surface area contributed by atoms with Gasteiger partial charge in [0.05, 0.1) is 6.04 Å². The first-order chi connectivity index (χ1) is 11.8. The van der Waals surface area contributed by atoms with Gasteiger partial charge in [-0.25, -0.2) is 0 Å². The van der Waals surface area contributed by atoms with Gasteiger partial charge < -0.3 is 38.3 Å². The number of rotatable bonds is 13. The lowest BCUT2D eigenvalue weighted by Crippen LogP contribution is -2.52. The van der Waals surface area contributed by atoms with E-state index in [2.05, 4.69) is 16.0 Å². The van der Waals surface area contributed by atoms with Crippen molar-refractivity contribution >= 4 is 23.7 Å². The number of carboxylic acid groups (broad SMARTS) is 1. The van der Waals surface area contributed by atoms with Gasteiger partial charge in [0.15, 0.2) is 5.96 Å². The highest BCUT2D eigenvalue weighted by Gasteiger charge is 2.23. The first-order valence-corrected chi connectivity index (χ1v) is 8.11. The molecular formula is C14H29N7O4. The Kier molecular flexibility index (Phi) is 11.7. The molecule has 0 saturated heterocycles. The van der Waals surface area contributed by atoms with Crippen LogP contribution in [0.15, 0.2) is 0 Å². The van der Waals surface area contributed by atoms with Crippen molar-refractivity contribution in [1.29, 1.82) is 5.41 Å². The van der Waals surface area contributed by atoms with Crippen molar-refractivity contribution in [2.24, 2.45) is 17.2 Å². The molecule has 0 aromatic rings. The summed E-state index contributed by atoms with van der Waals surface area (Å²) in [6.45, 7) is 0.313. The van der Waals surface area contributed by atoms with Gasteiger partial charge in [-0.1, -0.05) is 6.42 Å². The van der Waals surface area contributed by atoms with Crippen molar-refractivity contribution in [2.75, 3.05) is 19.6 Å². The first-order valence-electron chi connectivity index (χ1n) is 8.11. The third kappa shape index (κ3) is 11.7. The van der Waals surface area contributed by atoms with Crippen molar-refractivity contribution in [3.8, 4) is 0 Å². The summed E-state index contributed by atoms with van der Waals surface area (Å²) in [5.41, 5.74) is 16.3. The standard InChI is InChI=1S/C14H29N7O4/c15-6-2-1-4-9(16)12(24)21-10(5-3-7-19-14(17)18)13(25)20-8-11(22)23/h9-10H,1-8,15-16H2,(H,20,25)(H,21,24)(H,22,23)(H4,17,18,19)/t9-,10-/m0/s1. The summed E-state index contributed by atoms with van der Waals surface area (Å²) in [6, 6.07) is -1.68. The highest BCUT2D eigenvalue weighted by Crippen LogP contribution is 2.02. The number of amides is 2. The molecule has 0 spiro atoms. The molecule has 11 nitrogen and oxygen atoms in total. The predicted octanol–water partition coefficient (Wildman–Crippen LogP) is -2.61. The number of hydrogen-bond acceptors (Lipinski definition) is 6. The quantitative estimate of drug-likeness (QED) is 0.0989. The molecule has 0 radical (unpaired) electrons. The zero-order valence-electron chi connectivity index (χ0n) is 14.2. The first kappa shape index (κ1) is 22.6. The van der Waals surface area contributed by atoms with Gasteiger partial charge in [-0.2, -0.15) is 0 Å². The third-order valence-corrected chi connectivity index (χ3v) is 3.34. The molecule has 11 N–H and O–H groups in total. The Labute approximate surface area is 146 Å². The summed E-state index contributed by atoms with van der Waals surface area (Å²) in [5, 5.41) is 23.0. The molecule has 144 valence electrons. The van der Waals surface area contributed by atoms with Crippen LogP contribution in [0.3, 0.4) is 0 Å². The summed E-state index contributed by atoms with van der Waals surface area (Å²) in [7, 11) is 0. The topological polar surface area (TPSA) is 209 Å². The van der Waals surface area contributed by atoms with E-state index in [1.54, 1.807) is 0 Å². The van der Waals surface area contributed by atoms with Crippen LogP contribution in [0.2, 0.25) is 0 Å². The van der Waals surface area contributed by atoms with Crippen LogP contribution in [0.4, 0.5) is 0 Å². The molecule has 0 unspecified atom stereocenters. The number of unbranched alkanes of at least 4 members (excludes halogenated alkanes) is 1. The maximum atomic E-state index is 12.1. The zero-order chi connectivity index (χ0) is 19.2. The summed E-state index contributed by atoms with van der Waals surface area (Å²) in [6.07, 6.45) is 2.57. The van der Waals surface area contributed by atoms with E-state index in [9.17, 15) is 14.4 Å². The molecule has 0 aliphatic heterocycles. The second-order valence-corrected chi connectivity index (χ2v) is 5.55. The number of nitrogens with one attached hydrogen (secondary N) is 4. The third-order valence-electron chi connectivity index (χ3n) is 3.34. The molecule has 2 amide bonds. The van der Waals surface area contributed by atoms with E-state index in [4.69, 9.17) is 27.7 Å². The van der Waals surface area contributed by atoms with E-state index in [0.717, 1.165) is 6.42 Å². The molecule has 0 rings (SSSR count). The van der Waals surface area contributed by atoms with Crippen LogP contribution in [0.5, 0.6) is 0 Å². The summed E-state index contributed by atoms with van der Waals surface area (Å²) < 4.78 is 0. The van der Waals surface area contributed by atoms with E-state index < -0.39 is 36.4 Å². The largest absolute Gasteiger partial charge is 0.480 e. The van der Waals surface area contributed by atoms with Crippen LogP contribution in [0, 0.1) is 5.41 Å². The molecule has 0 aromatic carbocycles. The van der Waals surface area contributed by atoms with Crippen LogP contribution in [0.1, 0.15) is 32.1 Å². The lowest BCUT2D eigenvalue weighted by atomic mass is 10.1. The van der Waals surface area contributed by atoms with Gasteiger partial charge in [-0.3, -0.25) is 19.8 Å². The monoisotopic (exact) mass is 359 g/mol. The number of carbonyl (C=O) groups is 3. The minimum atomic E-state index is -1.19. The Bertz CT molecular complexity index is 458. The van der Waals surface area contributed by atoms with Crippen molar-refractivity contribution in [3.05, 3.63) is 0 Å². The predicted molar refractivity (Wildman–Crippen MR) is 92.6 cm³/mol. The van der Waals surface area contributed by atoms with Crippen molar-refractivity contribution < 1.29 is 19.5 Å². The Morgan fingerprint density at radius 1 is 1.04 bits per heavy atom. The summed E-state index contributed by atoms with van der Waals surface area (Å²) >= 11 is 0. The number of nitrogens with two attached hydrogens (primary N) is 3. The van der Waals surface area contributed by atoms with Gasteiger partial charge in [0, 0.05) is 6.54 Å². The number of guanidine groups is 1. The maximum absolute atomic E-state index is 12.1. The van der Waals surface area contributed by atoms with E-state index in [1.807, 2.05) is 0 Å². The molecule has 0 aromatic heterocycles. The fourth-order valence-electron chi connectivity index (χ4n) is 2.00. The van der Waals surface area contributed by atoms with E-state index >= 15 is 0 Å². The number of hydrogen-bond donors (Lipinski definition) is 8. The Morgan fingerprint density at radius 3 is 2.28 bits per heavy atom. The molecule has 25 heavy (non-hydrogen) atoms. The van der Waals surface area contributed by atoms with E-state index in [0.29, 0.717) is 32.4 Å². The highest BCUT2D eigenvalue weighted by molar-refractivity contribution is 5.90. The lowest BCUT2D eigenvalue weighted by Gasteiger charge is -2.20. The van der Waals surface area contributed by atoms with E-state index in [-0.39, 0.29) is 12.4 Å². The molecule has 0 aliphatic rings.